The van der Waals surface area contributed by atoms with Gasteiger partial charge >= 0.3 is 0 Å². The summed E-state index contributed by atoms with van der Waals surface area (Å²) in [6.45, 7) is 5.11. The number of halogens is 1. The fraction of sp³-hybridized carbons (Fsp3) is 0.625. The van der Waals surface area contributed by atoms with E-state index in [0.717, 1.165) is 12.1 Å². The standard InChI is InChI=1S/C16H24FNS/c1-3-18-12(2)15-11-13(17)9-10-16(15)19-14-7-5-4-6-8-14/h9-12,14,18H,3-8H2,1-2H3. The summed E-state index contributed by atoms with van der Waals surface area (Å²) < 4.78 is 13.5. The topological polar surface area (TPSA) is 12.0 Å². The van der Waals surface area contributed by atoms with Gasteiger partial charge < -0.3 is 5.32 Å². The predicted octanol–water partition coefficient (Wildman–Crippen LogP) is 4.92. The number of hydrogen-bond acceptors (Lipinski definition) is 2. The minimum atomic E-state index is -0.132. The molecule has 1 unspecified atom stereocenters. The molecule has 1 aliphatic rings. The van der Waals surface area contributed by atoms with Gasteiger partial charge in [0.2, 0.25) is 0 Å². The Bertz CT molecular complexity index is 402. The van der Waals surface area contributed by atoms with Gasteiger partial charge in [0.1, 0.15) is 5.82 Å². The van der Waals surface area contributed by atoms with E-state index in [2.05, 4.69) is 19.2 Å². The molecule has 2 rings (SSSR count). The molecule has 1 atom stereocenters. The van der Waals surface area contributed by atoms with E-state index < -0.39 is 0 Å². The minimum Gasteiger partial charge on any atom is -0.310 e. The van der Waals surface area contributed by atoms with Crippen molar-refractivity contribution in [3.05, 3.63) is 29.6 Å². The van der Waals surface area contributed by atoms with Crippen LogP contribution in [0.2, 0.25) is 0 Å². The fourth-order valence-corrected chi connectivity index (χ4v) is 4.19. The molecule has 0 aromatic heterocycles. The molecule has 0 radical (unpaired) electrons. The molecule has 0 saturated heterocycles. The Morgan fingerprint density at radius 3 is 2.74 bits per heavy atom. The monoisotopic (exact) mass is 281 g/mol. The summed E-state index contributed by atoms with van der Waals surface area (Å²) in [6, 6.07) is 5.45. The third-order valence-corrected chi connectivity index (χ3v) is 5.22. The van der Waals surface area contributed by atoms with Crippen LogP contribution in [0, 0.1) is 5.82 Å². The van der Waals surface area contributed by atoms with Crippen molar-refractivity contribution in [2.24, 2.45) is 0 Å². The molecule has 0 amide bonds. The van der Waals surface area contributed by atoms with E-state index in [1.165, 1.54) is 37.0 Å². The van der Waals surface area contributed by atoms with Gasteiger partial charge in [0, 0.05) is 16.2 Å². The largest absolute Gasteiger partial charge is 0.310 e. The fourth-order valence-electron chi connectivity index (χ4n) is 2.74. The second-order valence-corrected chi connectivity index (χ2v) is 6.68. The van der Waals surface area contributed by atoms with E-state index >= 15 is 0 Å². The Labute approximate surface area is 120 Å². The highest BCUT2D eigenvalue weighted by molar-refractivity contribution is 8.00. The molecule has 1 aliphatic carbocycles. The van der Waals surface area contributed by atoms with Gasteiger partial charge in [-0.2, -0.15) is 0 Å². The molecule has 19 heavy (non-hydrogen) atoms. The molecule has 0 heterocycles. The summed E-state index contributed by atoms with van der Waals surface area (Å²) in [5.74, 6) is -0.132. The summed E-state index contributed by atoms with van der Waals surface area (Å²) in [6.07, 6.45) is 6.67. The summed E-state index contributed by atoms with van der Waals surface area (Å²) in [5.41, 5.74) is 1.11. The molecular weight excluding hydrogens is 257 g/mol. The number of nitrogens with one attached hydrogen (secondary N) is 1. The van der Waals surface area contributed by atoms with Gasteiger partial charge in [0.15, 0.2) is 0 Å². The Kier molecular flexibility index (Phi) is 5.71. The van der Waals surface area contributed by atoms with Crippen LogP contribution in [0.25, 0.3) is 0 Å². The van der Waals surface area contributed by atoms with Gasteiger partial charge in [-0.3, -0.25) is 0 Å². The Morgan fingerprint density at radius 2 is 2.05 bits per heavy atom. The lowest BCUT2D eigenvalue weighted by Gasteiger charge is -2.24. The van der Waals surface area contributed by atoms with Gasteiger partial charge in [-0.1, -0.05) is 26.2 Å². The second kappa shape index (κ2) is 7.30. The summed E-state index contributed by atoms with van der Waals surface area (Å²) >= 11 is 1.95. The highest BCUT2D eigenvalue weighted by Crippen LogP contribution is 2.37. The first-order valence-corrected chi connectivity index (χ1v) is 8.28. The van der Waals surface area contributed by atoms with Crippen molar-refractivity contribution in [2.45, 2.75) is 62.1 Å². The van der Waals surface area contributed by atoms with Crippen LogP contribution in [0.15, 0.2) is 23.1 Å². The third kappa shape index (κ3) is 4.22. The number of rotatable bonds is 5. The Morgan fingerprint density at radius 1 is 1.32 bits per heavy atom. The molecule has 1 nitrogen and oxygen atoms in total. The van der Waals surface area contributed by atoms with Gasteiger partial charge in [-0.15, -0.1) is 11.8 Å². The highest BCUT2D eigenvalue weighted by atomic mass is 32.2. The maximum absolute atomic E-state index is 13.5. The van der Waals surface area contributed by atoms with E-state index in [4.69, 9.17) is 0 Å². The zero-order chi connectivity index (χ0) is 13.7. The average Bonchev–Trinajstić information content (AvgIpc) is 2.42. The third-order valence-electron chi connectivity index (χ3n) is 3.79. The molecule has 1 saturated carbocycles. The van der Waals surface area contributed by atoms with Crippen LogP contribution < -0.4 is 5.32 Å². The van der Waals surface area contributed by atoms with Crippen molar-refractivity contribution < 1.29 is 4.39 Å². The maximum atomic E-state index is 13.5. The Hall–Kier alpha value is -0.540. The normalized spacial score (nSPS) is 18.5. The quantitative estimate of drug-likeness (QED) is 0.822. The van der Waals surface area contributed by atoms with Crippen LogP contribution in [-0.2, 0) is 0 Å². The van der Waals surface area contributed by atoms with E-state index in [9.17, 15) is 4.39 Å². The summed E-state index contributed by atoms with van der Waals surface area (Å²) in [5, 5.41) is 4.10. The maximum Gasteiger partial charge on any atom is 0.123 e. The van der Waals surface area contributed by atoms with Gasteiger partial charge in [0.25, 0.3) is 0 Å². The van der Waals surface area contributed by atoms with Crippen LogP contribution in [0.3, 0.4) is 0 Å². The summed E-state index contributed by atoms with van der Waals surface area (Å²) in [4.78, 5) is 1.25. The van der Waals surface area contributed by atoms with Crippen molar-refractivity contribution in [2.75, 3.05) is 6.54 Å². The lowest BCUT2D eigenvalue weighted by molar-refractivity contribution is 0.515. The predicted molar refractivity (Wildman–Crippen MR) is 81.2 cm³/mol. The first kappa shape index (κ1) is 14.9. The van der Waals surface area contributed by atoms with Crippen molar-refractivity contribution >= 4 is 11.8 Å². The lowest BCUT2D eigenvalue weighted by atomic mass is 10.0. The van der Waals surface area contributed by atoms with Crippen molar-refractivity contribution in [1.82, 2.24) is 5.32 Å². The SMILES string of the molecule is CCNC(C)c1cc(F)ccc1SC1CCCCC1. The number of benzene rings is 1. The molecule has 0 bridgehead atoms. The van der Waals surface area contributed by atoms with Crippen LogP contribution in [0.1, 0.15) is 57.6 Å². The Balaban J connectivity index is 2.13. The molecule has 106 valence electrons. The highest BCUT2D eigenvalue weighted by Gasteiger charge is 2.18. The number of hydrogen-bond donors (Lipinski definition) is 1. The van der Waals surface area contributed by atoms with Gasteiger partial charge in [-0.25, -0.2) is 4.39 Å². The van der Waals surface area contributed by atoms with Crippen molar-refractivity contribution in [3.8, 4) is 0 Å². The van der Waals surface area contributed by atoms with Crippen LogP contribution in [0.4, 0.5) is 4.39 Å². The van der Waals surface area contributed by atoms with E-state index in [0.29, 0.717) is 5.25 Å². The zero-order valence-corrected chi connectivity index (χ0v) is 12.7. The molecule has 0 spiro atoms. The molecule has 1 fully saturated rings. The van der Waals surface area contributed by atoms with Crippen molar-refractivity contribution in [1.29, 1.82) is 0 Å². The second-order valence-electron chi connectivity index (χ2n) is 5.34. The molecule has 1 aromatic carbocycles. The van der Waals surface area contributed by atoms with E-state index in [1.54, 1.807) is 12.1 Å². The molecule has 0 aliphatic heterocycles. The smallest absolute Gasteiger partial charge is 0.123 e. The zero-order valence-electron chi connectivity index (χ0n) is 11.9. The van der Waals surface area contributed by atoms with Crippen LogP contribution >= 0.6 is 11.8 Å². The minimum absolute atomic E-state index is 0.132. The molecule has 1 aromatic rings. The van der Waals surface area contributed by atoms with E-state index in [1.807, 2.05) is 17.8 Å². The molecule has 3 heteroatoms. The number of thioether (sulfide) groups is 1. The van der Waals surface area contributed by atoms with Gasteiger partial charge in [0.05, 0.1) is 0 Å². The van der Waals surface area contributed by atoms with Crippen molar-refractivity contribution in [3.63, 3.8) is 0 Å². The van der Waals surface area contributed by atoms with Gasteiger partial charge in [-0.05, 0) is 50.1 Å². The summed E-state index contributed by atoms with van der Waals surface area (Å²) in [7, 11) is 0. The molecule has 1 N–H and O–H groups in total. The molecular formula is C16H24FNS. The van der Waals surface area contributed by atoms with E-state index in [-0.39, 0.29) is 11.9 Å². The average molecular weight is 281 g/mol. The van der Waals surface area contributed by atoms with Crippen LogP contribution in [0.5, 0.6) is 0 Å². The first-order chi connectivity index (χ1) is 9.20. The lowest BCUT2D eigenvalue weighted by Crippen LogP contribution is -2.19. The first-order valence-electron chi connectivity index (χ1n) is 7.40. The van der Waals surface area contributed by atoms with Crippen LogP contribution in [-0.4, -0.2) is 11.8 Å².